The maximum atomic E-state index is 4.73. The lowest BCUT2D eigenvalue weighted by Crippen LogP contribution is -2.10. The summed E-state index contributed by atoms with van der Waals surface area (Å²) in [5, 5.41) is 3.41. The number of nitrogens with one attached hydrogen (secondary N) is 1. The molecule has 2 nitrogen and oxygen atoms in total. The maximum Gasteiger partial charge on any atom is 0.0592 e. The summed E-state index contributed by atoms with van der Waals surface area (Å²) in [6.45, 7) is 8.88. The summed E-state index contributed by atoms with van der Waals surface area (Å²) >= 11 is 0. The van der Waals surface area contributed by atoms with Crippen LogP contribution >= 0.6 is 12.4 Å². The third-order valence-electron chi connectivity index (χ3n) is 3.72. The molecule has 0 unspecified atom stereocenters. The number of hydrogen-bond acceptors (Lipinski definition) is 2. The van der Waals surface area contributed by atoms with E-state index in [9.17, 15) is 0 Å². The molecule has 0 aromatic carbocycles. The molecule has 88 valence electrons. The number of aromatic nitrogens is 1. The van der Waals surface area contributed by atoms with Gasteiger partial charge in [0.05, 0.1) is 5.69 Å². The number of halogens is 1. The Bertz CT molecular complexity index is 438. The standard InChI is InChI=1S/C13H18N2.ClH/c1-8-9-4-13(2,3)5-10(9)11-6-14-7-12(11)15-8;/h14H,4-7H2,1-3H3;1H. The van der Waals surface area contributed by atoms with E-state index in [2.05, 4.69) is 26.1 Å². The van der Waals surface area contributed by atoms with E-state index in [0.717, 1.165) is 13.1 Å². The predicted octanol–water partition coefficient (Wildman–Crippen LogP) is 2.54. The van der Waals surface area contributed by atoms with Crippen LogP contribution in [0.25, 0.3) is 0 Å². The van der Waals surface area contributed by atoms with Gasteiger partial charge in [-0.05, 0) is 41.9 Å². The number of aryl methyl sites for hydroxylation is 1. The summed E-state index contributed by atoms with van der Waals surface area (Å²) in [4.78, 5) is 4.73. The van der Waals surface area contributed by atoms with Crippen molar-refractivity contribution < 1.29 is 0 Å². The van der Waals surface area contributed by atoms with Crippen molar-refractivity contribution in [2.45, 2.75) is 46.7 Å². The fourth-order valence-corrected chi connectivity index (χ4v) is 3.04. The molecule has 0 bridgehead atoms. The molecule has 1 aromatic rings. The number of hydrogen-bond donors (Lipinski definition) is 1. The van der Waals surface area contributed by atoms with E-state index in [4.69, 9.17) is 4.98 Å². The highest BCUT2D eigenvalue weighted by Gasteiger charge is 2.33. The first-order chi connectivity index (χ1) is 7.07. The van der Waals surface area contributed by atoms with Gasteiger partial charge in [-0.3, -0.25) is 4.98 Å². The average Bonchev–Trinajstić information content (AvgIpc) is 2.67. The van der Waals surface area contributed by atoms with E-state index in [1.165, 1.54) is 35.4 Å². The molecular weight excluding hydrogens is 220 g/mol. The minimum atomic E-state index is 0. The van der Waals surface area contributed by atoms with Gasteiger partial charge in [-0.15, -0.1) is 12.4 Å². The summed E-state index contributed by atoms with van der Waals surface area (Å²) in [5.74, 6) is 0. The number of nitrogens with zero attached hydrogens (tertiary/aromatic N) is 1. The van der Waals surface area contributed by atoms with Gasteiger partial charge in [0.15, 0.2) is 0 Å². The van der Waals surface area contributed by atoms with E-state index in [-0.39, 0.29) is 12.4 Å². The Morgan fingerprint density at radius 1 is 1.06 bits per heavy atom. The molecule has 0 amide bonds. The zero-order valence-corrected chi connectivity index (χ0v) is 11.0. The molecule has 16 heavy (non-hydrogen) atoms. The van der Waals surface area contributed by atoms with Crippen molar-refractivity contribution in [3.8, 4) is 0 Å². The molecule has 0 atom stereocenters. The minimum absolute atomic E-state index is 0. The maximum absolute atomic E-state index is 4.73. The molecule has 0 radical (unpaired) electrons. The molecule has 1 aromatic heterocycles. The van der Waals surface area contributed by atoms with Crippen molar-refractivity contribution in [3.05, 3.63) is 28.1 Å². The van der Waals surface area contributed by atoms with Crippen LogP contribution in [0.3, 0.4) is 0 Å². The van der Waals surface area contributed by atoms with Crippen molar-refractivity contribution >= 4 is 12.4 Å². The van der Waals surface area contributed by atoms with Gasteiger partial charge in [-0.2, -0.15) is 0 Å². The third-order valence-corrected chi connectivity index (χ3v) is 3.72. The fraction of sp³-hybridized carbons (Fsp3) is 0.615. The van der Waals surface area contributed by atoms with Gasteiger partial charge < -0.3 is 5.32 Å². The first kappa shape index (κ1) is 11.9. The minimum Gasteiger partial charge on any atom is -0.307 e. The average molecular weight is 239 g/mol. The number of fused-ring (bicyclic) bond motifs is 3. The van der Waals surface area contributed by atoms with Crippen LogP contribution in [0.2, 0.25) is 0 Å². The Labute approximate surface area is 103 Å². The summed E-state index contributed by atoms with van der Waals surface area (Å²) in [6, 6.07) is 0. The Morgan fingerprint density at radius 2 is 1.75 bits per heavy atom. The fourth-order valence-electron chi connectivity index (χ4n) is 3.04. The van der Waals surface area contributed by atoms with Crippen LogP contribution in [0.1, 0.15) is 41.9 Å². The molecule has 0 saturated heterocycles. The normalized spacial score (nSPS) is 20.2. The van der Waals surface area contributed by atoms with E-state index in [1.807, 2.05) is 0 Å². The zero-order chi connectivity index (χ0) is 10.6. The van der Waals surface area contributed by atoms with Gasteiger partial charge in [0.2, 0.25) is 0 Å². The highest BCUT2D eigenvalue weighted by Crippen LogP contribution is 2.40. The Hall–Kier alpha value is -0.600. The molecule has 0 spiro atoms. The lowest BCUT2D eigenvalue weighted by molar-refractivity contribution is 0.391. The molecule has 0 fully saturated rings. The van der Waals surface area contributed by atoms with Crippen LogP contribution in [0.4, 0.5) is 0 Å². The van der Waals surface area contributed by atoms with E-state index < -0.39 is 0 Å². The monoisotopic (exact) mass is 238 g/mol. The second-order valence-corrected chi connectivity index (χ2v) is 5.70. The molecule has 1 aliphatic heterocycles. The zero-order valence-electron chi connectivity index (χ0n) is 10.2. The van der Waals surface area contributed by atoms with Crippen molar-refractivity contribution in [2.75, 3.05) is 0 Å². The predicted molar refractivity (Wildman–Crippen MR) is 68.0 cm³/mol. The van der Waals surface area contributed by atoms with Crippen LogP contribution in [0.5, 0.6) is 0 Å². The SMILES string of the molecule is Cc1nc2c(c3c1CC(C)(C)C3)CNC2.Cl. The van der Waals surface area contributed by atoms with Crippen LogP contribution in [-0.2, 0) is 25.9 Å². The second-order valence-electron chi connectivity index (χ2n) is 5.70. The molecular formula is C13H19ClN2. The quantitative estimate of drug-likeness (QED) is 0.752. The lowest BCUT2D eigenvalue weighted by atomic mass is 9.90. The Balaban J connectivity index is 0.000000963. The van der Waals surface area contributed by atoms with Crippen LogP contribution in [0, 0.1) is 12.3 Å². The highest BCUT2D eigenvalue weighted by molar-refractivity contribution is 5.85. The van der Waals surface area contributed by atoms with Gasteiger partial charge in [0, 0.05) is 18.8 Å². The van der Waals surface area contributed by atoms with E-state index in [1.54, 1.807) is 5.56 Å². The molecule has 2 aliphatic rings. The smallest absolute Gasteiger partial charge is 0.0592 e. The van der Waals surface area contributed by atoms with Crippen molar-refractivity contribution in [1.82, 2.24) is 10.3 Å². The molecule has 1 aliphatic carbocycles. The molecule has 3 heteroatoms. The lowest BCUT2D eigenvalue weighted by Gasteiger charge is -2.15. The van der Waals surface area contributed by atoms with Crippen molar-refractivity contribution in [3.63, 3.8) is 0 Å². The topological polar surface area (TPSA) is 24.9 Å². The molecule has 2 heterocycles. The summed E-state index contributed by atoms with van der Waals surface area (Å²) < 4.78 is 0. The number of pyridine rings is 1. The number of rotatable bonds is 0. The Morgan fingerprint density at radius 3 is 2.50 bits per heavy atom. The summed E-state index contributed by atoms with van der Waals surface area (Å²) in [5.41, 5.74) is 7.63. The molecule has 0 saturated carbocycles. The van der Waals surface area contributed by atoms with Gasteiger partial charge in [-0.25, -0.2) is 0 Å². The third kappa shape index (κ3) is 1.64. The summed E-state index contributed by atoms with van der Waals surface area (Å²) in [6.07, 6.45) is 2.43. The Kier molecular flexibility index (Phi) is 2.75. The summed E-state index contributed by atoms with van der Waals surface area (Å²) in [7, 11) is 0. The van der Waals surface area contributed by atoms with E-state index in [0.29, 0.717) is 5.41 Å². The van der Waals surface area contributed by atoms with Crippen LogP contribution in [-0.4, -0.2) is 4.98 Å². The van der Waals surface area contributed by atoms with Crippen LogP contribution in [0.15, 0.2) is 0 Å². The second kappa shape index (κ2) is 3.71. The van der Waals surface area contributed by atoms with E-state index >= 15 is 0 Å². The van der Waals surface area contributed by atoms with Crippen molar-refractivity contribution in [2.24, 2.45) is 5.41 Å². The first-order valence-electron chi connectivity index (χ1n) is 5.78. The van der Waals surface area contributed by atoms with Gasteiger partial charge in [-0.1, -0.05) is 13.8 Å². The molecule has 3 rings (SSSR count). The van der Waals surface area contributed by atoms with Gasteiger partial charge in [0.1, 0.15) is 0 Å². The highest BCUT2D eigenvalue weighted by atomic mass is 35.5. The van der Waals surface area contributed by atoms with Gasteiger partial charge >= 0.3 is 0 Å². The van der Waals surface area contributed by atoms with Gasteiger partial charge in [0.25, 0.3) is 0 Å². The molecule has 1 N–H and O–H groups in total. The van der Waals surface area contributed by atoms with Crippen molar-refractivity contribution in [1.29, 1.82) is 0 Å². The first-order valence-corrected chi connectivity index (χ1v) is 5.78. The largest absolute Gasteiger partial charge is 0.307 e. The van der Waals surface area contributed by atoms with Crippen LogP contribution < -0.4 is 5.32 Å².